The van der Waals surface area contributed by atoms with Crippen LogP contribution in [0.3, 0.4) is 0 Å². The van der Waals surface area contributed by atoms with E-state index >= 15 is 0 Å². The first-order valence-corrected chi connectivity index (χ1v) is 6.99. The fourth-order valence-electron chi connectivity index (χ4n) is 1.89. The SMILES string of the molecule is CN(Cc1ccsc1)C(=O)c1ccc([N+](=O)[O-])c(NN)c1. The van der Waals surface area contributed by atoms with Gasteiger partial charge in [-0.15, -0.1) is 0 Å². The first kappa shape index (κ1) is 14.9. The van der Waals surface area contributed by atoms with E-state index in [1.54, 1.807) is 23.3 Å². The van der Waals surface area contributed by atoms with Crippen molar-refractivity contribution in [1.82, 2.24) is 4.90 Å². The number of nitrogen functional groups attached to an aromatic ring is 1. The third-order valence-electron chi connectivity index (χ3n) is 2.94. The Labute approximate surface area is 125 Å². The fourth-order valence-corrected chi connectivity index (χ4v) is 2.55. The third-order valence-corrected chi connectivity index (χ3v) is 3.67. The zero-order valence-electron chi connectivity index (χ0n) is 11.3. The maximum atomic E-state index is 12.3. The Bertz CT molecular complexity index is 657. The molecule has 21 heavy (non-hydrogen) atoms. The molecule has 7 nitrogen and oxygen atoms in total. The minimum absolute atomic E-state index is 0.106. The van der Waals surface area contributed by atoms with Gasteiger partial charge in [0.1, 0.15) is 5.69 Å². The number of hydrazine groups is 1. The van der Waals surface area contributed by atoms with E-state index in [1.807, 2.05) is 16.8 Å². The van der Waals surface area contributed by atoms with E-state index in [4.69, 9.17) is 5.84 Å². The largest absolute Gasteiger partial charge is 0.337 e. The molecule has 1 aromatic carbocycles. The van der Waals surface area contributed by atoms with Crippen molar-refractivity contribution in [3.63, 3.8) is 0 Å². The van der Waals surface area contributed by atoms with Crippen LogP contribution in [0.15, 0.2) is 35.0 Å². The average molecular weight is 306 g/mol. The van der Waals surface area contributed by atoms with Crippen LogP contribution < -0.4 is 11.3 Å². The molecule has 0 unspecified atom stereocenters. The molecule has 1 aromatic heterocycles. The molecule has 0 aliphatic heterocycles. The molecule has 110 valence electrons. The number of nitro benzene ring substituents is 1. The molecule has 0 spiro atoms. The lowest BCUT2D eigenvalue weighted by atomic mass is 10.1. The van der Waals surface area contributed by atoms with Crippen LogP contribution in [-0.2, 0) is 6.54 Å². The molecular formula is C13H14N4O3S. The van der Waals surface area contributed by atoms with Gasteiger partial charge < -0.3 is 10.3 Å². The molecule has 2 rings (SSSR count). The van der Waals surface area contributed by atoms with Gasteiger partial charge in [0, 0.05) is 25.2 Å². The number of hydrogen-bond donors (Lipinski definition) is 2. The Balaban J connectivity index is 2.20. The van der Waals surface area contributed by atoms with Crippen molar-refractivity contribution in [3.05, 3.63) is 56.3 Å². The lowest BCUT2D eigenvalue weighted by Gasteiger charge is -2.17. The van der Waals surface area contributed by atoms with E-state index in [0.29, 0.717) is 12.1 Å². The summed E-state index contributed by atoms with van der Waals surface area (Å²) in [5.74, 6) is 5.04. The Morgan fingerprint density at radius 2 is 2.24 bits per heavy atom. The quantitative estimate of drug-likeness (QED) is 0.501. The standard InChI is InChI=1S/C13H14N4O3S/c1-16(7-9-4-5-21-8-9)13(18)10-2-3-12(17(19)20)11(6-10)15-14/h2-6,8,15H,7,14H2,1H3. The van der Waals surface area contributed by atoms with Crippen LogP contribution in [0, 0.1) is 10.1 Å². The number of hydrogen-bond acceptors (Lipinski definition) is 6. The second-order valence-electron chi connectivity index (χ2n) is 4.43. The Morgan fingerprint density at radius 3 is 2.81 bits per heavy atom. The van der Waals surface area contributed by atoms with Crippen LogP contribution in [0.5, 0.6) is 0 Å². The van der Waals surface area contributed by atoms with Gasteiger partial charge in [-0.25, -0.2) is 0 Å². The zero-order chi connectivity index (χ0) is 15.4. The highest BCUT2D eigenvalue weighted by atomic mass is 32.1. The normalized spacial score (nSPS) is 10.2. The highest BCUT2D eigenvalue weighted by molar-refractivity contribution is 7.07. The molecule has 0 aliphatic carbocycles. The van der Waals surface area contributed by atoms with Crippen molar-refractivity contribution < 1.29 is 9.72 Å². The number of rotatable bonds is 5. The first-order chi connectivity index (χ1) is 10.0. The molecule has 1 amide bonds. The molecule has 0 fully saturated rings. The number of anilines is 1. The average Bonchev–Trinajstić information content (AvgIpc) is 2.98. The number of nitrogens with one attached hydrogen (secondary N) is 1. The number of nitro groups is 1. The molecule has 1 heterocycles. The summed E-state index contributed by atoms with van der Waals surface area (Å²) in [5.41, 5.74) is 3.56. The van der Waals surface area contributed by atoms with Crippen LogP contribution in [-0.4, -0.2) is 22.8 Å². The number of nitrogens with zero attached hydrogens (tertiary/aromatic N) is 2. The highest BCUT2D eigenvalue weighted by Crippen LogP contribution is 2.25. The number of carbonyl (C=O) groups is 1. The van der Waals surface area contributed by atoms with E-state index in [2.05, 4.69) is 5.43 Å². The van der Waals surface area contributed by atoms with Gasteiger partial charge in [-0.05, 0) is 34.5 Å². The van der Waals surface area contributed by atoms with E-state index in [1.165, 1.54) is 18.2 Å². The number of nitrogens with two attached hydrogens (primary N) is 1. The van der Waals surface area contributed by atoms with Crippen molar-refractivity contribution in [2.75, 3.05) is 12.5 Å². The van der Waals surface area contributed by atoms with E-state index < -0.39 is 4.92 Å². The molecule has 0 saturated carbocycles. The highest BCUT2D eigenvalue weighted by Gasteiger charge is 2.18. The number of carbonyl (C=O) groups excluding carboxylic acids is 1. The van der Waals surface area contributed by atoms with Crippen molar-refractivity contribution >= 4 is 28.6 Å². The maximum Gasteiger partial charge on any atom is 0.293 e. The molecule has 8 heteroatoms. The summed E-state index contributed by atoms with van der Waals surface area (Å²) in [7, 11) is 1.68. The summed E-state index contributed by atoms with van der Waals surface area (Å²) in [6, 6.07) is 6.01. The molecule has 3 N–H and O–H groups in total. The summed E-state index contributed by atoms with van der Waals surface area (Å²) in [6.45, 7) is 0.477. The monoisotopic (exact) mass is 306 g/mol. The number of benzene rings is 1. The number of thiophene rings is 1. The number of amides is 1. The van der Waals surface area contributed by atoms with Gasteiger partial charge in [0.15, 0.2) is 0 Å². The molecule has 0 bridgehead atoms. The van der Waals surface area contributed by atoms with Gasteiger partial charge in [0.05, 0.1) is 4.92 Å². The van der Waals surface area contributed by atoms with Crippen molar-refractivity contribution in [3.8, 4) is 0 Å². The first-order valence-electron chi connectivity index (χ1n) is 6.04. The third kappa shape index (κ3) is 3.36. The Hall–Kier alpha value is -2.45. The van der Waals surface area contributed by atoms with Gasteiger partial charge in [-0.2, -0.15) is 11.3 Å². The van der Waals surface area contributed by atoms with E-state index in [9.17, 15) is 14.9 Å². The topological polar surface area (TPSA) is 102 Å². The van der Waals surface area contributed by atoms with Crippen LogP contribution in [0.1, 0.15) is 15.9 Å². The van der Waals surface area contributed by atoms with Crippen molar-refractivity contribution in [1.29, 1.82) is 0 Å². The molecule has 0 aliphatic rings. The predicted molar refractivity (Wildman–Crippen MR) is 81.0 cm³/mol. The minimum Gasteiger partial charge on any atom is -0.337 e. The summed E-state index contributed by atoms with van der Waals surface area (Å²) < 4.78 is 0. The predicted octanol–water partition coefficient (Wildman–Crippen LogP) is 2.21. The lowest BCUT2D eigenvalue weighted by molar-refractivity contribution is -0.384. The van der Waals surface area contributed by atoms with Crippen LogP contribution in [0.2, 0.25) is 0 Å². The van der Waals surface area contributed by atoms with Gasteiger partial charge in [0.25, 0.3) is 11.6 Å². The van der Waals surface area contributed by atoms with E-state index in [0.717, 1.165) is 5.56 Å². The second kappa shape index (κ2) is 6.33. The minimum atomic E-state index is -0.557. The summed E-state index contributed by atoms with van der Waals surface area (Å²) >= 11 is 1.56. The van der Waals surface area contributed by atoms with Gasteiger partial charge in [-0.3, -0.25) is 20.8 Å². The van der Waals surface area contributed by atoms with Gasteiger partial charge in [-0.1, -0.05) is 0 Å². The summed E-state index contributed by atoms with van der Waals surface area (Å²) in [4.78, 5) is 24.1. The van der Waals surface area contributed by atoms with Crippen molar-refractivity contribution in [2.45, 2.75) is 6.54 Å². The molecule has 2 aromatic rings. The Kier molecular flexibility index (Phi) is 4.51. The molecule has 0 radical (unpaired) electrons. The summed E-state index contributed by atoms with van der Waals surface area (Å²) in [5, 5.41) is 14.7. The van der Waals surface area contributed by atoms with E-state index in [-0.39, 0.29) is 17.3 Å². The fraction of sp³-hybridized carbons (Fsp3) is 0.154. The molecular weight excluding hydrogens is 292 g/mol. The van der Waals surface area contributed by atoms with Crippen LogP contribution in [0.4, 0.5) is 11.4 Å². The second-order valence-corrected chi connectivity index (χ2v) is 5.21. The lowest BCUT2D eigenvalue weighted by Crippen LogP contribution is -2.26. The van der Waals surface area contributed by atoms with Crippen LogP contribution in [0.25, 0.3) is 0 Å². The van der Waals surface area contributed by atoms with Crippen molar-refractivity contribution in [2.24, 2.45) is 5.84 Å². The molecule has 0 atom stereocenters. The van der Waals surface area contributed by atoms with Gasteiger partial charge in [0.2, 0.25) is 0 Å². The van der Waals surface area contributed by atoms with Gasteiger partial charge >= 0.3 is 0 Å². The summed E-state index contributed by atoms with van der Waals surface area (Å²) in [6.07, 6.45) is 0. The Morgan fingerprint density at radius 1 is 1.48 bits per heavy atom. The maximum absolute atomic E-state index is 12.3. The zero-order valence-corrected chi connectivity index (χ0v) is 12.1. The smallest absolute Gasteiger partial charge is 0.293 e. The van der Waals surface area contributed by atoms with Crippen LogP contribution >= 0.6 is 11.3 Å². The molecule has 0 saturated heterocycles.